The van der Waals surface area contributed by atoms with Crippen molar-refractivity contribution in [1.29, 1.82) is 0 Å². The van der Waals surface area contributed by atoms with Crippen molar-refractivity contribution in [1.82, 2.24) is 5.32 Å². The number of rotatable bonds is 7. The first-order valence-electron chi connectivity index (χ1n) is 6.61. The molecule has 0 bridgehead atoms. The van der Waals surface area contributed by atoms with Crippen LogP contribution in [0.3, 0.4) is 0 Å². The number of nitrogens with one attached hydrogen (secondary N) is 1. The van der Waals surface area contributed by atoms with Crippen molar-refractivity contribution in [2.75, 3.05) is 13.1 Å². The summed E-state index contributed by atoms with van der Waals surface area (Å²) in [6.07, 6.45) is 3.66. The molecule has 0 atom stereocenters. The lowest BCUT2D eigenvalue weighted by molar-refractivity contribution is 0.248. The van der Waals surface area contributed by atoms with Crippen LogP contribution < -0.4 is 5.32 Å². The summed E-state index contributed by atoms with van der Waals surface area (Å²) in [4.78, 5) is 0. The summed E-state index contributed by atoms with van der Waals surface area (Å²) in [5.74, 6) is 0. The highest BCUT2D eigenvalue weighted by atomic mass is 127. The molecular weight excluding hydrogens is 321 g/mol. The molecule has 0 spiro atoms. The zero-order chi connectivity index (χ0) is 12.7. The molecule has 0 heterocycles. The van der Waals surface area contributed by atoms with E-state index in [9.17, 15) is 0 Å². The van der Waals surface area contributed by atoms with Gasteiger partial charge in [-0.25, -0.2) is 0 Å². The Balaban J connectivity index is 2.74. The molecule has 0 saturated heterocycles. The fourth-order valence-corrected chi connectivity index (χ4v) is 2.60. The minimum Gasteiger partial charge on any atom is -0.316 e. The molecule has 2 heteroatoms. The normalized spacial score (nSPS) is 11.8. The molecule has 0 radical (unpaired) electrons. The summed E-state index contributed by atoms with van der Waals surface area (Å²) in [6.45, 7) is 9.00. The van der Waals surface area contributed by atoms with E-state index in [1.807, 2.05) is 0 Å². The molecule has 0 saturated carbocycles. The SMILES string of the molecule is CCNCC(CC)(CC)Cc1ccc(I)cc1. The van der Waals surface area contributed by atoms with E-state index in [1.54, 1.807) is 0 Å². The summed E-state index contributed by atoms with van der Waals surface area (Å²) >= 11 is 2.36. The van der Waals surface area contributed by atoms with Crippen LogP contribution >= 0.6 is 22.6 Å². The lowest BCUT2D eigenvalue weighted by Gasteiger charge is -2.32. The predicted molar refractivity (Wildman–Crippen MR) is 84.4 cm³/mol. The van der Waals surface area contributed by atoms with Crippen molar-refractivity contribution in [2.24, 2.45) is 5.41 Å². The molecule has 0 amide bonds. The largest absolute Gasteiger partial charge is 0.316 e. The Bertz CT molecular complexity index is 314. The Morgan fingerprint density at radius 1 is 1.06 bits per heavy atom. The van der Waals surface area contributed by atoms with Crippen LogP contribution in [0, 0.1) is 8.99 Å². The molecule has 0 unspecified atom stereocenters. The molecule has 1 N–H and O–H groups in total. The van der Waals surface area contributed by atoms with Gasteiger partial charge in [-0.3, -0.25) is 0 Å². The average Bonchev–Trinajstić information content (AvgIpc) is 2.37. The smallest absolute Gasteiger partial charge is 0.0130 e. The molecule has 1 rings (SSSR count). The maximum atomic E-state index is 3.52. The minimum atomic E-state index is 0.419. The lowest BCUT2D eigenvalue weighted by atomic mass is 9.77. The molecule has 0 fully saturated rings. The number of halogens is 1. The van der Waals surface area contributed by atoms with E-state index in [1.165, 1.54) is 28.4 Å². The van der Waals surface area contributed by atoms with Crippen LogP contribution in [0.25, 0.3) is 0 Å². The van der Waals surface area contributed by atoms with E-state index < -0.39 is 0 Å². The van der Waals surface area contributed by atoms with E-state index in [-0.39, 0.29) is 0 Å². The first-order chi connectivity index (χ1) is 8.15. The van der Waals surface area contributed by atoms with Crippen molar-refractivity contribution in [3.05, 3.63) is 33.4 Å². The van der Waals surface area contributed by atoms with Crippen molar-refractivity contribution >= 4 is 22.6 Å². The van der Waals surface area contributed by atoms with E-state index >= 15 is 0 Å². The van der Waals surface area contributed by atoms with Gasteiger partial charge in [0, 0.05) is 10.1 Å². The highest BCUT2D eigenvalue weighted by Crippen LogP contribution is 2.30. The third-order valence-corrected chi connectivity index (χ3v) is 4.46. The van der Waals surface area contributed by atoms with E-state index in [0.29, 0.717) is 5.41 Å². The maximum Gasteiger partial charge on any atom is 0.0130 e. The first-order valence-corrected chi connectivity index (χ1v) is 7.69. The van der Waals surface area contributed by atoms with Gasteiger partial charge in [-0.05, 0) is 71.5 Å². The third kappa shape index (κ3) is 4.59. The van der Waals surface area contributed by atoms with Gasteiger partial charge in [0.25, 0.3) is 0 Å². The van der Waals surface area contributed by atoms with Gasteiger partial charge in [0.1, 0.15) is 0 Å². The second-order valence-corrected chi connectivity index (χ2v) is 6.04. The van der Waals surface area contributed by atoms with Gasteiger partial charge < -0.3 is 5.32 Å². The fourth-order valence-electron chi connectivity index (χ4n) is 2.24. The molecule has 96 valence electrons. The van der Waals surface area contributed by atoms with Gasteiger partial charge in [-0.2, -0.15) is 0 Å². The van der Waals surface area contributed by atoms with Crippen molar-refractivity contribution < 1.29 is 0 Å². The average molecular weight is 345 g/mol. The number of benzene rings is 1. The number of hydrogen-bond acceptors (Lipinski definition) is 1. The standard InChI is InChI=1S/C15H24IN/c1-4-15(5-2,12-17-6-3)11-13-7-9-14(16)10-8-13/h7-10,17H,4-6,11-12H2,1-3H3. The minimum absolute atomic E-state index is 0.419. The molecule has 17 heavy (non-hydrogen) atoms. The molecule has 0 aliphatic heterocycles. The molecule has 0 aliphatic carbocycles. The zero-order valence-electron chi connectivity index (χ0n) is 11.2. The second kappa shape index (κ2) is 7.37. The van der Waals surface area contributed by atoms with Crippen LogP contribution in [0.5, 0.6) is 0 Å². The topological polar surface area (TPSA) is 12.0 Å². The van der Waals surface area contributed by atoms with Crippen LogP contribution in [-0.4, -0.2) is 13.1 Å². The zero-order valence-corrected chi connectivity index (χ0v) is 13.4. The van der Waals surface area contributed by atoms with Crippen LogP contribution in [0.15, 0.2) is 24.3 Å². The monoisotopic (exact) mass is 345 g/mol. The molecule has 1 nitrogen and oxygen atoms in total. The Labute approximate surface area is 120 Å². The van der Waals surface area contributed by atoms with E-state index in [2.05, 4.69) is 72.9 Å². The lowest BCUT2D eigenvalue weighted by Crippen LogP contribution is -2.35. The van der Waals surface area contributed by atoms with Crippen molar-refractivity contribution in [3.8, 4) is 0 Å². The van der Waals surface area contributed by atoms with Crippen LogP contribution in [0.2, 0.25) is 0 Å². The molecule has 1 aromatic rings. The van der Waals surface area contributed by atoms with Gasteiger partial charge in [0.15, 0.2) is 0 Å². The molecule has 0 aliphatic rings. The summed E-state index contributed by atoms with van der Waals surface area (Å²) in [6, 6.07) is 8.96. The van der Waals surface area contributed by atoms with Gasteiger partial charge in [0.05, 0.1) is 0 Å². The van der Waals surface area contributed by atoms with E-state index in [4.69, 9.17) is 0 Å². The fraction of sp³-hybridized carbons (Fsp3) is 0.600. The van der Waals surface area contributed by atoms with Crippen LogP contribution in [-0.2, 0) is 6.42 Å². The first kappa shape index (κ1) is 15.0. The predicted octanol–water partition coefficient (Wildman–Crippen LogP) is 4.25. The van der Waals surface area contributed by atoms with Gasteiger partial charge >= 0.3 is 0 Å². The van der Waals surface area contributed by atoms with Gasteiger partial charge in [-0.15, -0.1) is 0 Å². The third-order valence-electron chi connectivity index (χ3n) is 3.74. The Morgan fingerprint density at radius 3 is 2.12 bits per heavy atom. The molecule has 0 aromatic heterocycles. The van der Waals surface area contributed by atoms with E-state index in [0.717, 1.165) is 13.1 Å². The summed E-state index contributed by atoms with van der Waals surface area (Å²) in [5.41, 5.74) is 1.88. The second-order valence-electron chi connectivity index (χ2n) is 4.79. The van der Waals surface area contributed by atoms with Crippen LogP contribution in [0.1, 0.15) is 39.2 Å². The molecular formula is C15H24IN. The Hall–Kier alpha value is -0.0900. The molecule has 1 aromatic carbocycles. The Kier molecular flexibility index (Phi) is 6.49. The van der Waals surface area contributed by atoms with Gasteiger partial charge in [0.2, 0.25) is 0 Å². The van der Waals surface area contributed by atoms with Crippen molar-refractivity contribution in [2.45, 2.75) is 40.0 Å². The maximum absolute atomic E-state index is 3.52. The number of hydrogen-bond donors (Lipinski definition) is 1. The summed E-state index contributed by atoms with van der Waals surface area (Å²) in [5, 5.41) is 3.52. The summed E-state index contributed by atoms with van der Waals surface area (Å²) < 4.78 is 1.32. The van der Waals surface area contributed by atoms with Crippen molar-refractivity contribution in [3.63, 3.8) is 0 Å². The Morgan fingerprint density at radius 2 is 1.65 bits per heavy atom. The highest BCUT2D eigenvalue weighted by molar-refractivity contribution is 14.1. The highest BCUT2D eigenvalue weighted by Gasteiger charge is 2.25. The van der Waals surface area contributed by atoms with Gasteiger partial charge in [-0.1, -0.05) is 32.9 Å². The van der Waals surface area contributed by atoms with Crippen LogP contribution in [0.4, 0.5) is 0 Å². The quantitative estimate of drug-likeness (QED) is 0.729. The summed E-state index contributed by atoms with van der Waals surface area (Å²) in [7, 11) is 0.